The molecule has 0 spiro atoms. The van der Waals surface area contributed by atoms with E-state index in [1.54, 1.807) is 0 Å². The summed E-state index contributed by atoms with van der Waals surface area (Å²) in [6, 6.07) is 0. The maximum atomic E-state index is 11.8. The van der Waals surface area contributed by atoms with E-state index in [4.69, 9.17) is 4.74 Å². The molecule has 0 bridgehead atoms. The highest BCUT2D eigenvalue weighted by atomic mass is 19.3. The van der Waals surface area contributed by atoms with Gasteiger partial charge in [0, 0.05) is 12.3 Å². The molecule has 1 aliphatic carbocycles. The van der Waals surface area contributed by atoms with Gasteiger partial charge >= 0.3 is 0 Å². The van der Waals surface area contributed by atoms with Crippen LogP contribution >= 0.6 is 0 Å². The van der Waals surface area contributed by atoms with Crippen LogP contribution in [0, 0.1) is 0 Å². The highest BCUT2D eigenvalue weighted by Crippen LogP contribution is 2.30. The van der Waals surface area contributed by atoms with Gasteiger partial charge < -0.3 is 4.74 Å². The van der Waals surface area contributed by atoms with E-state index in [0.29, 0.717) is 12.3 Å². The van der Waals surface area contributed by atoms with E-state index < -0.39 is 13.0 Å². The molecule has 18 heavy (non-hydrogen) atoms. The van der Waals surface area contributed by atoms with E-state index in [0.717, 1.165) is 24.5 Å². The van der Waals surface area contributed by atoms with Gasteiger partial charge in [-0.3, -0.25) is 5.10 Å². The molecule has 0 radical (unpaired) electrons. The van der Waals surface area contributed by atoms with Crippen LogP contribution in [0.4, 0.5) is 8.78 Å². The maximum Gasteiger partial charge on any atom is 0.261 e. The lowest BCUT2D eigenvalue weighted by atomic mass is 9.89. The van der Waals surface area contributed by atoms with Gasteiger partial charge in [0.2, 0.25) is 0 Å². The Bertz CT molecular complexity index is 351. The largest absolute Gasteiger partial charge is 0.375 e. The van der Waals surface area contributed by atoms with Crippen LogP contribution in [-0.4, -0.2) is 34.8 Å². The Balaban J connectivity index is 1.75. The molecule has 1 N–H and O–H groups in total. The number of H-pyrrole nitrogens is 1. The number of aromatic amines is 1. The summed E-state index contributed by atoms with van der Waals surface area (Å²) in [7, 11) is 0. The molecule has 0 aromatic carbocycles. The fourth-order valence-corrected chi connectivity index (χ4v) is 2.31. The summed E-state index contributed by atoms with van der Waals surface area (Å²) in [6.07, 6.45) is 4.19. The zero-order chi connectivity index (χ0) is 12.8. The van der Waals surface area contributed by atoms with Crippen LogP contribution in [0.3, 0.4) is 0 Å². The zero-order valence-corrected chi connectivity index (χ0v) is 10.4. The predicted octanol–water partition coefficient (Wildman–Crippen LogP) is 2.68. The lowest BCUT2D eigenvalue weighted by Gasteiger charge is -2.17. The van der Waals surface area contributed by atoms with Gasteiger partial charge in [0.05, 0.1) is 6.61 Å². The molecule has 1 aliphatic rings. The summed E-state index contributed by atoms with van der Waals surface area (Å²) in [4.78, 5) is 4.42. The van der Waals surface area contributed by atoms with Crippen LogP contribution in [0.25, 0.3) is 0 Å². The third-order valence-electron chi connectivity index (χ3n) is 3.25. The molecular formula is C12H19F2N3O. The molecule has 1 fully saturated rings. The molecule has 0 unspecified atom stereocenters. The van der Waals surface area contributed by atoms with Crippen molar-refractivity contribution in [1.29, 1.82) is 0 Å². The fourth-order valence-electron chi connectivity index (χ4n) is 2.31. The predicted molar refractivity (Wildman–Crippen MR) is 62.7 cm³/mol. The summed E-state index contributed by atoms with van der Waals surface area (Å²) < 4.78 is 28.5. The van der Waals surface area contributed by atoms with Gasteiger partial charge in [-0.05, 0) is 12.8 Å². The molecule has 102 valence electrons. The van der Waals surface area contributed by atoms with Gasteiger partial charge in [0.15, 0.2) is 5.82 Å². The summed E-state index contributed by atoms with van der Waals surface area (Å²) in [5.74, 6) is 2.06. The van der Waals surface area contributed by atoms with Crippen LogP contribution in [0.2, 0.25) is 0 Å². The highest BCUT2D eigenvalue weighted by molar-refractivity contribution is 4.99. The number of alkyl halides is 2. The van der Waals surface area contributed by atoms with E-state index in [1.165, 1.54) is 19.3 Å². The van der Waals surface area contributed by atoms with Crippen molar-refractivity contribution < 1.29 is 13.5 Å². The Kier molecular flexibility index (Phi) is 5.04. The summed E-state index contributed by atoms with van der Waals surface area (Å²) in [6.45, 7) is -0.257. The minimum atomic E-state index is -2.41. The smallest absolute Gasteiger partial charge is 0.261 e. The Morgan fingerprint density at radius 1 is 1.28 bits per heavy atom. The standard InChI is InChI=1S/C12H19F2N3O/c13-10(14)8-18-7-6-11-15-12(17-16-11)9-4-2-1-3-5-9/h9-10H,1-8H2,(H,15,16,17). The minimum absolute atomic E-state index is 0.254. The molecule has 1 aromatic rings. The Morgan fingerprint density at radius 2 is 2.06 bits per heavy atom. The second-order valence-corrected chi connectivity index (χ2v) is 4.69. The van der Waals surface area contributed by atoms with Gasteiger partial charge in [-0.2, -0.15) is 5.10 Å². The van der Waals surface area contributed by atoms with Gasteiger partial charge in [-0.15, -0.1) is 0 Å². The van der Waals surface area contributed by atoms with Crippen molar-refractivity contribution in [3.63, 3.8) is 0 Å². The fraction of sp³-hybridized carbons (Fsp3) is 0.833. The van der Waals surface area contributed by atoms with Crippen LogP contribution in [0.1, 0.15) is 49.7 Å². The first kappa shape index (κ1) is 13.4. The molecular weight excluding hydrogens is 240 g/mol. The SMILES string of the molecule is FC(F)COCCc1nc(C2CCCCC2)n[nH]1. The molecule has 6 heteroatoms. The normalized spacial score (nSPS) is 17.5. The van der Waals surface area contributed by atoms with Gasteiger partial charge in [0.1, 0.15) is 12.4 Å². The number of ether oxygens (including phenoxy) is 1. The molecule has 4 nitrogen and oxygen atoms in total. The Morgan fingerprint density at radius 3 is 2.78 bits per heavy atom. The monoisotopic (exact) mass is 259 g/mol. The minimum Gasteiger partial charge on any atom is -0.375 e. The van der Waals surface area contributed by atoms with Crippen molar-refractivity contribution >= 4 is 0 Å². The van der Waals surface area contributed by atoms with Crippen molar-refractivity contribution in [2.24, 2.45) is 0 Å². The van der Waals surface area contributed by atoms with E-state index in [2.05, 4.69) is 15.2 Å². The van der Waals surface area contributed by atoms with Gasteiger partial charge in [-0.25, -0.2) is 13.8 Å². The first-order valence-corrected chi connectivity index (χ1v) is 6.53. The van der Waals surface area contributed by atoms with Crippen LogP contribution in [0.5, 0.6) is 0 Å². The number of halogens is 2. The topological polar surface area (TPSA) is 50.8 Å². The summed E-state index contributed by atoms with van der Waals surface area (Å²) in [5, 5.41) is 7.08. The molecule has 1 aromatic heterocycles. The van der Waals surface area contributed by atoms with Crippen LogP contribution in [0.15, 0.2) is 0 Å². The van der Waals surface area contributed by atoms with Gasteiger partial charge in [0.25, 0.3) is 6.43 Å². The second kappa shape index (κ2) is 6.78. The lowest BCUT2D eigenvalue weighted by Crippen LogP contribution is -2.08. The molecule has 2 rings (SSSR count). The average Bonchev–Trinajstić information content (AvgIpc) is 2.84. The Hall–Kier alpha value is -1.04. The van der Waals surface area contributed by atoms with Crippen molar-refractivity contribution in [2.45, 2.75) is 50.9 Å². The first-order valence-electron chi connectivity index (χ1n) is 6.53. The van der Waals surface area contributed by atoms with E-state index in [-0.39, 0.29) is 6.61 Å². The van der Waals surface area contributed by atoms with Crippen molar-refractivity contribution in [3.05, 3.63) is 11.6 Å². The average molecular weight is 259 g/mol. The number of aromatic nitrogens is 3. The van der Waals surface area contributed by atoms with Crippen LogP contribution in [-0.2, 0) is 11.2 Å². The number of nitrogens with one attached hydrogen (secondary N) is 1. The summed E-state index contributed by atoms with van der Waals surface area (Å²) in [5.41, 5.74) is 0. The van der Waals surface area contributed by atoms with Gasteiger partial charge in [-0.1, -0.05) is 19.3 Å². The van der Waals surface area contributed by atoms with Crippen molar-refractivity contribution in [3.8, 4) is 0 Å². The second-order valence-electron chi connectivity index (χ2n) is 4.69. The molecule has 0 aliphatic heterocycles. The van der Waals surface area contributed by atoms with Crippen LogP contribution < -0.4 is 0 Å². The van der Waals surface area contributed by atoms with Crippen molar-refractivity contribution in [2.75, 3.05) is 13.2 Å². The zero-order valence-electron chi connectivity index (χ0n) is 10.4. The molecule has 0 saturated heterocycles. The third-order valence-corrected chi connectivity index (χ3v) is 3.25. The molecule has 1 heterocycles. The van der Waals surface area contributed by atoms with Crippen molar-refractivity contribution in [1.82, 2.24) is 15.2 Å². The Labute approximate surface area is 105 Å². The quantitative estimate of drug-likeness (QED) is 0.799. The molecule has 1 saturated carbocycles. The van der Waals surface area contributed by atoms with E-state index >= 15 is 0 Å². The molecule has 0 amide bonds. The number of hydrogen-bond donors (Lipinski definition) is 1. The first-order chi connectivity index (χ1) is 8.75. The molecule has 0 atom stereocenters. The summed E-state index contributed by atoms with van der Waals surface area (Å²) >= 11 is 0. The number of rotatable bonds is 6. The van der Waals surface area contributed by atoms with E-state index in [9.17, 15) is 8.78 Å². The third kappa shape index (κ3) is 4.01. The van der Waals surface area contributed by atoms with E-state index in [1.807, 2.05) is 0 Å². The maximum absolute atomic E-state index is 11.8. The lowest BCUT2D eigenvalue weighted by molar-refractivity contribution is 0.0183. The number of nitrogens with zero attached hydrogens (tertiary/aromatic N) is 2. The number of hydrogen-bond acceptors (Lipinski definition) is 3. The highest BCUT2D eigenvalue weighted by Gasteiger charge is 2.19.